The van der Waals surface area contributed by atoms with Crippen LogP contribution in [0.4, 0.5) is 8.78 Å². The second kappa shape index (κ2) is 7.52. The van der Waals surface area contributed by atoms with E-state index in [2.05, 4.69) is 5.10 Å². The molecule has 1 heterocycles. The zero-order valence-electron chi connectivity index (χ0n) is 13.0. The van der Waals surface area contributed by atoms with Crippen LogP contribution in [0.2, 0.25) is 0 Å². The van der Waals surface area contributed by atoms with Gasteiger partial charge in [-0.2, -0.15) is 5.10 Å². The van der Waals surface area contributed by atoms with Gasteiger partial charge in [-0.15, -0.1) is 0 Å². The van der Waals surface area contributed by atoms with Crippen molar-refractivity contribution in [1.29, 1.82) is 0 Å². The van der Waals surface area contributed by atoms with Crippen LogP contribution in [0.3, 0.4) is 0 Å². The van der Waals surface area contributed by atoms with Crippen LogP contribution >= 0.6 is 0 Å². The quantitative estimate of drug-likeness (QED) is 0.833. The van der Waals surface area contributed by atoms with E-state index in [1.165, 1.54) is 6.20 Å². The monoisotopic (exact) mass is 329 g/mol. The van der Waals surface area contributed by atoms with Crippen molar-refractivity contribution in [1.82, 2.24) is 14.7 Å². The summed E-state index contributed by atoms with van der Waals surface area (Å²) in [7, 11) is 0. The molecule has 0 atom stereocenters. The first kappa shape index (κ1) is 17.4. The Labute approximate surface area is 133 Å². The topological polar surface area (TPSA) is 75.4 Å². The Bertz CT molecular complexity index is 568. The molecule has 1 aromatic rings. The Morgan fingerprint density at radius 2 is 2.09 bits per heavy atom. The number of aryl methyl sites for hydroxylation is 1. The second-order valence-corrected chi connectivity index (χ2v) is 5.82. The molecule has 0 saturated heterocycles. The van der Waals surface area contributed by atoms with Crippen LogP contribution in [0, 0.1) is 6.92 Å². The molecule has 0 aromatic carbocycles. The first-order valence-electron chi connectivity index (χ1n) is 7.73. The average molecular weight is 329 g/mol. The third-order valence-corrected chi connectivity index (χ3v) is 4.09. The highest BCUT2D eigenvalue weighted by Crippen LogP contribution is 2.25. The Kier molecular flexibility index (Phi) is 5.68. The molecule has 0 spiro atoms. The number of amides is 1. The van der Waals surface area contributed by atoms with E-state index in [1.54, 1.807) is 11.8 Å². The molecule has 2 rings (SSSR count). The van der Waals surface area contributed by atoms with Crippen LogP contribution < -0.4 is 0 Å². The molecular formula is C15H21F2N3O3. The Morgan fingerprint density at radius 3 is 2.65 bits per heavy atom. The number of carboxylic acid groups (broad SMARTS) is 1. The van der Waals surface area contributed by atoms with Crippen LogP contribution in [0.25, 0.3) is 0 Å². The number of hydrogen-bond donors (Lipinski definition) is 1. The molecule has 23 heavy (non-hydrogen) atoms. The molecule has 8 heteroatoms. The van der Waals surface area contributed by atoms with Gasteiger partial charge in [-0.1, -0.05) is 12.8 Å². The number of hydrogen-bond acceptors (Lipinski definition) is 3. The fourth-order valence-corrected chi connectivity index (χ4v) is 3.00. The van der Waals surface area contributed by atoms with Gasteiger partial charge in [-0.05, 0) is 19.8 Å². The maximum Gasteiger partial charge on any atom is 0.305 e. The molecule has 0 aliphatic heterocycles. The highest BCUT2D eigenvalue weighted by atomic mass is 19.3. The van der Waals surface area contributed by atoms with Crippen LogP contribution in [-0.2, 0) is 11.3 Å². The van der Waals surface area contributed by atoms with E-state index in [9.17, 15) is 18.4 Å². The summed E-state index contributed by atoms with van der Waals surface area (Å²) in [5.41, 5.74) is 0.650. The SMILES string of the molecule is Cc1nn(CC(F)F)cc1C(=O)N(CCC(=O)O)C1CCCC1. The van der Waals surface area contributed by atoms with E-state index < -0.39 is 18.9 Å². The number of rotatable bonds is 7. The number of carboxylic acids is 1. The lowest BCUT2D eigenvalue weighted by molar-refractivity contribution is -0.137. The van der Waals surface area contributed by atoms with Crippen LogP contribution in [0.15, 0.2) is 6.20 Å². The summed E-state index contributed by atoms with van der Waals surface area (Å²) in [6.07, 6.45) is 2.34. The molecule has 0 unspecified atom stereocenters. The summed E-state index contributed by atoms with van der Waals surface area (Å²) >= 11 is 0. The molecule has 1 fully saturated rings. The van der Waals surface area contributed by atoms with Gasteiger partial charge in [-0.25, -0.2) is 8.78 Å². The lowest BCUT2D eigenvalue weighted by Crippen LogP contribution is -2.40. The van der Waals surface area contributed by atoms with E-state index in [4.69, 9.17) is 5.11 Å². The van der Waals surface area contributed by atoms with Gasteiger partial charge in [0.2, 0.25) is 0 Å². The van der Waals surface area contributed by atoms with Gasteiger partial charge < -0.3 is 10.0 Å². The fourth-order valence-electron chi connectivity index (χ4n) is 3.00. The number of carbonyl (C=O) groups is 2. The molecular weight excluding hydrogens is 308 g/mol. The molecule has 128 valence electrons. The molecule has 1 aliphatic carbocycles. The maximum absolute atomic E-state index is 12.8. The van der Waals surface area contributed by atoms with Crippen molar-refractivity contribution in [3.8, 4) is 0 Å². The van der Waals surface area contributed by atoms with Crippen molar-refractivity contribution in [3.05, 3.63) is 17.5 Å². The standard InChI is InChI=1S/C15H21F2N3O3/c1-10-12(8-19(18-10)9-13(16)17)15(23)20(7-6-14(21)22)11-4-2-3-5-11/h8,11,13H,2-7,9H2,1H3,(H,21,22). The molecule has 1 saturated carbocycles. The maximum atomic E-state index is 12.8. The molecule has 0 radical (unpaired) electrons. The van der Waals surface area contributed by atoms with Gasteiger partial charge in [-0.3, -0.25) is 14.3 Å². The number of halogens is 2. The van der Waals surface area contributed by atoms with Crippen molar-refractivity contribution in [2.45, 2.75) is 58.0 Å². The zero-order valence-corrected chi connectivity index (χ0v) is 13.0. The summed E-state index contributed by atoms with van der Waals surface area (Å²) in [5.74, 6) is -1.29. The van der Waals surface area contributed by atoms with Gasteiger partial charge in [0.1, 0.15) is 6.54 Å². The predicted octanol–water partition coefficient (Wildman–Crippen LogP) is 2.32. The summed E-state index contributed by atoms with van der Waals surface area (Å²) in [6, 6.07) is 0.0136. The normalized spacial score (nSPS) is 15.3. The summed E-state index contributed by atoms with van der Waals surface area (Å²) < 4.78 is 26.0. The lowest BCUT2D eigenvalue weighted by Gasteiger charge is -2.28. The summed E-state index contributed by atoms with van der Waals surface area (Å²) in [6.45, 7) is 1.16. The summed E-state index contributed by atoms with van der Waals surface area (Å²) in [5, 5.41) is 12.8. The third-order valence-electron chi connectivity index (χ3n) is 4.09. The van der Waals surface area contributed by atoms with Crippen molar-refractivity contribution < 1.29 is 23.5 Å². The predicted molar refractivity (Wildman–Crippen MR) is 78.5 cm³/mol. The van der Waals surface area contributed by atoms with Crippen molar-refractivity contribution in [2.75, 3.05) is 6.54 Å². The van der Waals surface area contributed by atoms with Gasteiger partial charge in [0.25, 0.3) is 12.3 Å². The number of nitrogens with zero attached hydrogens (tertiary/aromatic N) is 3. The number of alkyl halides is 2. The van der Waals surface area contributed by atoms with Crippen molar-refractivity contribution >= 4 is 11.9 Å². The Balaban J connectivity index is 2.18. The Morgan fingerprint density at radius 1 is 1.43 bits per heavy atom. The number of aliphatic carboxylic acids is 1. The highest BCUT2D eigenvalue weighted by Gasteiger charge is 2.29. The van der Waals surface area contributed by atoms with Crippen LogP contribution in [-0.4, -0.2) is 50.7 Å². The van der Waals surface area contributed by atoms with Gasteiger partial charge in [0, 0.05) is 18.8 Å². The van der Waals surface area contributed by atoms with Crippen molar-refractivity contribution in [3.63, 3.8) is 0 Å². The third kappa shape index (κ3) is 4.49. The highest BCUT2D eigenvalue weighted by molar-refractivity contribution is 5.95. The smallest absolute Gasteiger partial charge is 0.305 e. The molecule has 0 bridgehead atoms. The second-order valence-electron chi connectivity index (χ2n) is 5.82. The molecule has 1 aromatic heterocycles. The Hall–Kier alpha value is -1.99. The zero-order chi connectivity index (χ0) is 17.0. The van der Waals surface area contributed by atoms with Crippen LogP contribution in [0.5, 0.6) is 0 Å². The summed E-state index contributed by atoms with van der Waals surface area (Å²) in [4.78, 5) is 25.2. The van der Waals surface area contributed by atoms with Gasteiger partial charge >= 0.3 is 5.97 Å². The lowest BCUT2D eigenvalue weighted by atomic mass is 10.1. The van der Waals surface area contributed by atoms with E-state index in [-0.39, 0.29) is 30.5 Å². The average Bonchev–Trinajstić information content (AvgIpc) is 3.08. The van der Waals surface area contributed by atoms with E-state index >= 15 is 0 Å². The molecule has 1 aliphatic rings. The number of aromatic nitrogens is 2. The molecule has 6 nitrogen and oxygen atoms in total. The minimum Gasteiger partial charge on any atom is -0.481 e. The molecule has 1 amide bonds. The first-order valence-corrected chi connectivity index (χ1v) is 7.73. The first-order chi connectivity index (χ1) is 10.9. The van der Waals surface area contributed by atoms with Gasteiger partial charge in [0.05, 0.1) is 17.7 Å². The van der Waals surface area contributed by atoms with Crippen molar-refractivity contribution in [2.24, 2.45) is 0 Å². The largest absolute Gasteiger partial charge is 0.481 e. The minimum atomic E-state index is -2.55. The van der Waals surface area contributed by atoms with E-state index in [1.807, 2.05) is 0 Å². The fraction of sp³-hybridized carbons (Fsp3) is 0.667. The molecule has 1 N–H and O–H groups in total. The van der Waals surface area contributed by atoms with Crippen LogP contribution in [0.1, 0.15) is 48.2 Å². The van der Waals surface area contributed by atoms with Gasteiger partial charge in [0.15, 0.2) is 0 Å². The number of carbonyl (C=O) groups excluding carboxylic acids is 1. The minimum absolute atomic E-state index is 0.0136. The van der Waals surface area contributed by atoms with E-state index in [0.717, 1.165) is 30.4 Å². The van der Waals surface area contributed by atoms with E-state index in [0.29, 0.717) is 5.69 Å².